The second-order valence-corrected chi connectivity index (χ2v) is 7.28. The Hall–Kier alpha value is -2.18. The topological polar surface area (TPSA) is 75.6 Å². The number of thiophene rings is 1. The molecule has 2 N–H and O–H groups in total. The molecule has 0 saturated heterocycles. The van der Waals surface area contributed by atoms with Gasteiger partial charge in [-0.1, -0.05) is 31.2 Å². The van der Waals surface area contributed by atoms with Crippen LogP contribution in [0.25, 0.3) is 0 Å². The fourth-order valence-corrected chi connectivity index (χ4v) is 4.46. The van der Waals surface area contributed by atoms with Gasteiger partial charge in [-0.05, 0) is 36.5 Å². The van der Waals surface area contributed by atoms with E-state index < -0.39 is 5.97 Å². The molecule has 1 aromatic carbocycles. The lowest BCUT2D eigenvalue weighted by Crippen LogP contribution is -2.22. The number of carbonyl (C=O) groups excluding carboxylic acids is 1. The van der Waals surface area contributed by atoms with Gasteiger partial charge in [0.05, 0.1) is 24.7 Å². The van der Waals surface area contributed by atoms with E-state index in [0.29, 0.717) is 18.0 Å². The van der Waals surface area contributed by atoms with E-state index in [-0.39, 0.29) is 24.0 Å². The van der Waals surface area contributed by atoms with E-state index in [1.165, 1.54) is 16.9 Å². The average Bonchev–Trinajstić information content (AvgIpc) is 2.90. The van der Waals surface area contributed by atoms with Crippen molar-refractivity contribution in [2.24, 2.45) is 0 Å². The first kappa shape index (κ1) is 17.6. The van der Waals surface area contributed by atoms with Gasteiger partial charge >= 0.3 is 5.97 Å². The largest absolute Gasteiger partial charge is 0.478 e. The third kappa shape index (κ3) is 3.60. The SMILES string of the molecule is CCc1c(C)sc(NC(=O)CC2OCCc3ccccc32)c1C(=O)O. The molecule has 2 aromatic rings. The van der Waals surface area contributed by atoms with E-state index in [1.807, 2.05) is 32.0 Å². The summed E-state index contributed by atoms with van der Waals surface area (Å²) < 4.78 is 5.77. The van der Waals surface area contributed by atoms with Crippen LogP contribution in [0.1, 0.15) is 51.4 Å². The van der Waals surface area contributed by atoms with Crippen molar-refractivity contribution in [1.82, 2.24) is 0 Å². The molecular weight excluding hydrogens is 338 g/mol. The van der Waals surface area contributed by atoms with Gasteiger partial charge in [0, 0.05) is 4.88 Å². The van der Waals surface area contributed by atoms with Gasteiger partial charge in [0.1, 0.15) is 5.00 Å². The lowest BCUT2D eigenvalue weighted by molar-refractivity contribution is -0.119. The number of benzene rings is 1. The van der Waals surface area contributed by atoms with Crippen molar-refractivity contribution in [3.05, 3.63) is 51.4 Å². The molecule has 0 aliphatic carbocycles. The number of rotatable bonds is 5. The number of hydrogen-bond acceptors (Lipinski definition) is 4. The number of fused-ring (bicyclic) bond motifs is 1. The minimum absolute atomic E-state index is 0.175. The van der Waals surface area contributed by atoms with E-state index in [1.54, 1.807) is 0 Å². The molecule has 25 heavy (non-hydrogen) atoms. The standard InChI is InChI=1S/C19H21NO4S/c1-3-13-11(2)25-18(17(13)19(22)23)20-16(21)10-15-14-7-5-4-6-12(14)8-9-24-15/h4-7,15H,3,8-10H2,1-2H3,(H,20,21)(H,22,23). The van der Waals surface area contributed by atoms with Gasteiger partial charge in [0.25, 0.3) is 0 Å². The van der Waals surface area contributed by atoms with Crippen molar-refractivity contribution < 1.29 is 19.4 Å². The Bertz CT molecular complexity index is 812. The molecule has 0 radical (unpaired) electrons. The van der Waals surface area contributed by atoms with Crippen LogP contribution in [0.3, 0.4) is 0 Å². The van der Waals surface area contributed by atoms with Crippen LogP contribution < -0.4 is 5.32 Å². The number of hydrogen-bond donors (Lipinski definition) is 2. The number of amides is 1. The molecule has 1 aliphatic heterocycles. The first-order valence-corrected chi connectivity index (χ1v) is 9.17. The predicted molar refractivity (Wildman–Crippen MR) is 97.5 cm³/mol. The molecule has 1 atom stereocenters. The molecule has 1 unspecified atom stereocenters. The Kier molecular flexibility index (Phi) is 5.20. The maximum atomic E-state index is 12.5. The first-order chi connectivity index (χ1) is 12.0. The van der Waals surface area contributed by atoms with Crippen LogP contribution in [-0.4, -0.2) is 23.6 Å². The van der Waals surface area contributed by atoms with Crippen LogP contribution in [0.15, 0.2) is 24.3 Å². The Balaban J connectivity index is 1.77. The molecule has 0 saturated carbocycles. The number of carbonyl (C=O) groups is 2. The second kappa shape index (κ2) is 7.37. The van der Waals surface area contributed by atoms with Crippen molar-refractivity contribution in [2.75, 3.05) is 11.9 Å². The quantitative estimate of drug-likeness (QED) is 0.847. The van der Waals surface area contributed by atoms with Crippen LogP contribution >= 0.6 is 11.3 Å². The summed E-state index contributed by atoms with van der Waals surface area (Å²) >= 11 is 1.32. The second-order valence-electron chi connectivity index (χ2n) is 6.06. The summed E-state index contributed by atoms with van der Waals surface area (Å²) in [4.78, 5) is 25.0. The number of aryl methyl sites for hydroxylation is 1. The van der Waals surface area contributed by atoms with Crippen molar-refractivity contribution in [1.29, 1.82) is 0 Å². The van der Waals surface area contributed by atoms with E-state index in [0.717, 1.165) is 22.4 Å². The zero-order valence-corrected chi connectivity index (χ0v) is 15.1. The molecule has 5 nitrogen and oxygen atoms in total. The molecule has 132 valence electrons. The van der Waals surface area contributed by atoms with Gasteiger partial charge < -0.3 is 15.2 Å². The fourth-order valence-electron chi connectivity index (χ4n) is 3.31. The maximum absolute atomic E-state index is 12.5. The summed E-state index contributed by atoms with van der Waals surface area (Å²) in [6.45, 7) is 4.39. The number of carboxylic acids is 1. The minimum atomic E-state index is -1.00. The molecule has 2 heterocycles. The zero-order valence-electron chi connectivity index (χ0n) is 14.3. The zero-order chi connectivity index (χ0) is 18.0. The Morgan fingerprint density at radius 1 is 1.36 bits per heavy atom. The smallest absolute Gasteiger partial charge is 0.339 e. The number of ether oxygens (including phenoxy) is 1. The van der Waals surface area contributed by atoms with Gasteiger partial charge in [-0.25, -0.2) is 4.79 Å². The van der Waals surface area contributed by atoms with Crippen molar-refractivity contribution in [2.45, 2.75) is 39.2 Å². The van der Waals surface area contributed by atoms with Crippen LogP contribution in [-0.2, 0) is 22.4 Å². The fraction of sp³-hybridized carbons (Fsp3) is 0.368. The monoisotopic (exact) mass is 359 g/mol. The van der Waals surface area contributed by atoms with E-state index in [9.17, 15) is 14.7 Å². The lowest BCUT2D eigenvalue weighted by Gasteiger charge is -2.25. The lowest BCUT2D eigenvalue weighted by atomic mass is 9.95. The van der Waals surface area contributed by atoms with Gasteiger partial charge in [-0.2, -0.15) is 0 Å². The summed E-state index contributed by atoms with van der Waals surface area (Å²) in [6, 6.07) is 7.97. The summed E-state index contributed by atoms with van der Waals surface area (Å²) in [5, 5.41) is 12.7. The summed E-state index contributed by atoms with van der Waals surface area (Å²) in [7, 11) is 0. The maximum Gasteiger partial charge on any atom is 0.339 e. The molecule has 0 bridgehead atoms. The molecular formula is C19H21NO4S. The Morgan fingerprint density at radius 3 is 2.84 bits per heavy atom. The summed E-state index contributed by atoms with van der Waals surface area (Å²) in [5.74, 6) is -1.23. The molecule has 1 aliphatic rings. The number of anilines is 1. The summed E-state index contributed by atoms with van der Waals surface area (Å²) in [5.41, 5.74) is 3.24. The predicted octanol–water partition coefficient (Wildman–Crippen LogP) is 3.96. The van der Waals surface area contributed by atoms with Gasteiger partial charge in [0.15, 0.2) is 0 Å². The number of nitrogens with one attached hydrogen (secondary N) is 1. The molecule has 6 heteroatoms. The first-order valence-electron chi connectivity index (χ1n) is 8.36. The average molecular weight is 359 g/mol. The summed E-state index contributed by atoms with van der Waals surface area (Å²) in [6.07, 6.45) is 1.36. The van der Waals surface area contributed by atoms with Crippen molar-refractivity contribution in [3.63, 3.8) is 0 Å². The van der Waals surface area contributed by atoms with Gasteiger partial charge in [-0.3, -0.25) is 4.79 Å². The van der Waals surface area contributed by atoms with E-state index in [4.69, 9.17) is 4.74 Å². The van der Waals surface area contributed by atoms with E-state index >= 15 is 0 Å². The van der Waals surface area contributed by atoms with E-state index in [2.05, 4.69) is 11.4 Å². The van der Waals surface area contributed by atoms with Crippen molar-refractivity contribution >= 4 is 28.2 Å². The van der Waals surface area contributed by atoms with Crippen molar-refractivity contribution in [3.8, 4) is 0 Å². The van der Waals surface area contributed by atoms with Crippen LogP contribution in [0.4, 0.5) is 5.00 Å². The minimum Gasteiger partial charge on any atom is -0.478 e. The van der Waals surface area contributed by atoms with Crippen LogP contribution in [0.5, 0.6) is 0 Å². The molecule has 1 amide bonds. The van der Waals surface area contributed by atoms with Gasteiger partial charge in [-0.15, -0.1) is 11.3 Å². The molecule has 3 rings (SSSR count). The highest BCUT2D eigenvalue weighted by Crippen LogP contribution is 2.35. The molecule has 0 spiro atoms. The highest BCUT2D eigenvalue weighted by atomic mass is 32.1. The highest BCUT2D eigenvalue weighted by Gasteiger charge is 2.26. The molecule has 0 fully saturated rings. The third-order valence-electron chi connectivity index (χ3n) is 4.49. The normalized spacial score (nSPS) is 16.3. The number of aromatic carboxylic acids is 1. The number of carboxylic acid groups (broad SMARTS) is 1. The third-order valence-corrected chi connectivity index (χ3v) is 5.56. The highest BCUT2D eigenvalue weighted by molar-refractivity contribution is 7.16. The Labute approximate surface area is 150 Å². The Morgan fingerprint density at radius 2 is 2.12 bits per heavy atom. The van der Waals surface area contributed by atoms with Crippen LogP contribution in [0.2, 0.25) is 0 Å². The van der Waals surface area contributed by atoms with Gasteiger partial charge in [0.2, 0.25) is 5.91 Å². The van der Waals surface area contributed by atoms with Crippen LogP contribution in [0, 0.1) is 6.92 Å². The molecule has 1 aromatic heterocycles.